The number of amides is 1. The summed E-state index contributed by atoms with van der Waals surface area (Å²) in [5.74, 6) is -6.26. The summed E-state index contributed by atoms with van der Waals surface area (Å²) in [5.41, 5.74) is -2.06. The van der Waals surface area contributed by atoms with E-state index < -0.39 is 39.5 Å². The molecule has 21 heavy (non-hydrogen) atoms. The van der Waals surface area contributed by atoms with Gasteiger partial charge in [0.2, 0.25) is 11.6 Å². The molecule has 2 rings (SSSR count). The van der Waals surface area contributed by atoms with Crippen molar-refractivity contribution in [2.24, 2.45) is 5.92 Å². The van der Waals surface area contributed by atoms with Gasteiger partial charge in [0.25, 0.3) is 5.91 Å². The van der Waals surface area contributed by atoms with Crippen LogP contribution in [0, 0.1) is 33.5 Å². The summed E-state index contributed by atoms with van der Waals surface area (Å²) in [7, 11) is 0. The Balaban J connectivity index is 2.43. The molecule has 1 aliphatic heterocycles. The van der Waals surface area contributed by atoms with Crippen molar-refractivity contribution >= 4 is 11.6 Å². The number of nitro groups is 1. The number of carbonyl (C=O) groups excluding carboxylic acids is 1. The third-order valence-corrected chi connectivity index (χ3v) is 3.50. The minimum Gasteiger partial charge on any atom is -0.338 e. The summed E-state index contributed by atoms with van der Waals surface area (Å²) in [5, 5.41) is 10.6. The average Bonchev–Trinajstić information content (AvgIpc) is 2.44. The van der Waals surface area contributed by atoms with Crippen molar-refractivity contribution in [3.63, 3.8) is 0 Å². The maximum Gasteiger partial charge on any atom is 0.308 e. The average molecular weight is 302 g/mol. The molecular weight excluding hydrogens is 289 g/mol. The van der Waals surface area contributed by atoms with Gasteiger partial charge in [0.1, 0.15) is 0 Å². The minimum absolute atomic E-state index is 0.200. The van der Waals surface area contributed by atoms with Gasteiger partial charge in [-0.2, -0.15) is 4.39 Å². The second-order valence-corrected chi connectivity index (χ2v) is 5.14. The molecule has 1 fully saturated rings. The quantitative estimate of drug-likeness (QED) is 0.479. The van der Waals surface area contributed by atoms with Gasteiger partial charge in [0, 0.05) is 19.2 Å². The highest BCUT2D eigenvalue weighted by atomic mass is 19.2. The first kappa shape index (κ1) is 15.3. The molecule has 1 amide bonds. The number of hydrogen-bond donors (Lipinski definition) is 0. The SMILES string of the molecule is CC1CCCN(C(=O)c2cc([N+](=O)[O-])c(F)c(F)c2F)C1. The normalized spacial score (nSPS) is 18.7. The second kappa shape index (κ2) is 5.71. The highest BCUT2D eigenvalue weighted by Crippen LogP contribution is 2.27. The second-order valence-electron chi connectivity index (χ2n) is 5.14. The van der Waals surface area contributed by atoms with Gasteiger partial charge in [-0.25, -0.2) is 8.78 Å². The van der Waals surface area contributed by atoms with Crippen LogP contribution in [0.3, 0.4) is 0 Å². The smallest absolute Gasteiger partial charge is 0.308 e. The highest BCUT2D eigenvalue weighted by molar-refractivity contribution is 5.95. The van der Waals surface area contributed by atoms with Crippen molar-refractivity contribution < 1.29 is 22.9 Å². The van der Waals surface area contributed by atoms with Gasteiger partial charge in [-0.1, -0.05) is 6.92 Å². The van der Waals surface area contributed by atoms with Gasteiger partial charge in [-0.3, -0.25) is 14.9 Å². The lowest BCUT2D eigenvalue weighted by molar-refractivity contribution is -0.387. The zero-order valence-electron chi connectivity index (χ0n) is 11.2. The minimum atomic E-state index is -2.00. The van der Waals surface area contributed by atoms with Gasteiger partial charge >= 0.3 is 5.69 Å². The van der Waals surface area contributed by atoms with Crippen molar-refractivity contribution in [1.29, 1.82) is 0 Å². The summed E-state index contributed by atoms with van der Waals surface area (Å²) in [6.45, 7) is 2.62. The molecule has 1 aromatic rings. The largest absolute Gasteiger partial charge is 0.338 e. The molecule has 0 N–H and O–H groups in total. The van der Waals surface area contributed by atoms with E-state index in [0.29, 0.717) is 25.6 Å². The van der Waals surface area contributed by atoms with Crippen LogP contribution in [-0.4, -0.2) is 28.8 Å². The monoisotopic (exact) mass is 302 g/mol. The number of halogens is 3. The molecule has 0 aromatic heterocycles. The lowest BCUT2D eigenvalue weighted by atomic mass is 9.99. The van der Waals surface area contributed by atoms with Crippen molar-refractivity contribution in [1.82, 2.24) is 4.90 Å². The Morgan fingerprint density at radius 2 is 2.00 bits per heavy atom. The van der Waals surface area contributed by atoms with Crippen LogP contribution in [0.2, 0.25) is 0 Å². The molecule has 0 bridgehead atoms. The van der Waals surface area contributed by atoms with Crippen LogP contribution in [0.5, 0.6) is 0 Å². The van der Waals surface area contributed by atoms with Crippen molar-refractivity contribution in [3.8, 4) is 0 Å². The van der Waals surface area contributed by atoms with Gasteiger partial charge in [0.05, 0.1) is 10.5 Å². The zero-order chi connectivity index (χ0) is 15.7. The first-order valence-corrected chi connectivity index (χ1v) is 6.44. The van der Waals surface area contributed by atoms with E-state index in [1.807, 2.05) is 6.92 Å². The van der Waals surface area contributed by atoms with Crippen LogP contribution in [0.1, 0.15) is 30.1 Å². The summed E-state index contributed by atoms with van der Waals surface area (Å²) < 4.78 is 40.4. The topological polar surface area (TPSA) is 63.5 Å². The first-order valence-electron chi connectivity index (χ1n) is 6.44. The van der Waals surface area contributed by atoms with E-state index in [1.54, 1.807) is 0 Å². The fourth-order valence-electron chi connectivity index (χ4n) is 2.42. The van der Waals surface area contributed by atoms with Crippen molar-refractivity contribution in [3.05, 3.63) is 39.2 Å². The summed E-state index contributed by atoms with van der Waals surface area (Å²) >= 11 is 0. The van der Waals surface area contributed by atoms with Gasteiger partial charge in [-0.05, 0) is 18.8 Å². The summed E-state index contributed by atoms with van der Waals surface area (Å²) in [6, 6.07) is 0.454. The molecule has 5 nitrogen and oxygen atoms in total. The molecule has 114 valence electrons. The van der Waals surface area contributed by atoms with Crippen LogP contribution in [0.15, 0.2) is 6.07 Å². The Bertz CT molecular complexity index is 607. The van der Waals surface area contributed by atoms with Crippen molar-refractivity contribution in [2.45, 2.75) is 19.8 Å². The molecule has 8 heteroatoms. The number of likely N-dealkylation sites (tertiary alicyclic amines) is 1. The Hall–Kier alpha value is -2.12. The molecule has 0 spiro atoms. The molecular formula is C13H13F3N2O3. The molecule has 1 aromatic carbocycles. The lowest BCUT2D eigenvalue weighted by Crippen LogP contribution is -2.39. The fourth-order valence-corrected chi connectivity index (χ4v) is 2.42. The van der Waals surface area contributed by atoms with Gasteiger partial charge in [-0.15, -0.1) is 0 Å². The molecule has 1 saturated heterocycles. The number of hydrogen-bond acceptors (Lipinski definition) is 3. The van der Waals surface area contributed by atoms with Gasteiger partial charge in [0.15, 0.2) is 5.82 Å². The third kappa shape index (κ3) is 2.84. The van der Waals surface area contributed by atoms with Crippen LogP contribution >= 0.6 is 0 Å². The van der Waals surface area contributed by atoms with Gasteiger partial charge < -0.3 is 4.90 Å². The molecule has 1 atom stereocenters. The van der Waals surface area contributed by atoms with E-state index in [4.69, 9.17) is 0 Å². The number of nitro benzene ring substituents is 1. The molecule has 1 aliphatic rings. The van der Waals surface area contributed by atoms with Crippen LogP contribution in [0.4, 0.5) is 18.9 Å². The lowest BCUT2D eigenvalue weighted by Gasteiger charge is -2.31. The molecule has 0 radical (unpaired) electrons. The Kier molecular flexibility index (Phi) is 4.15. The summed E-state index contributed by atoms with van der Waals surface area (Å²) in [6.07, 6.45) is 1.62. The predicted molar refractivity (Wildman–Crippen MR) is 67.3 cm³/mol. The number of piperidine rings is 1. The van der Waals surface area contributed by atoms with E-state index >= 15 is 0 Å². The molecule has 1 heterocycles. The van der Waals surface area contributed by atoms with E-state index in [9.17, 15) is 28.1 Å². The first-order chi connectivity index (χ1) is 9.82. The predicted octanol–water partition coefficient (Wildman–Crippen LogP) is 2.88. The Morgan fingerprint density at radius 1 is 1.33 bits per heavy atom. The molecule has 0 aliphatic carbocycles. The van der Waals surface area contributed by atoms with Crippen LogP contribution < -0.4 is 0 Å². The maximum atomic E-state index is 13.7. The van der Waals surface area contributed by atoms with Crippen LogP contribution in [-0.2, 0) is 0 Å². The van der Waals surface area contributed by atoms with E-state index in [-0.39, 0.29) is 5.92 Å². The standard InChI is InChI=1S/C13H13F3N2O3/c1-7-3-2-4-17(6-7)13(19)8-5-9(18(20)21)11(15)12(16)10(8)14/h5,7H,2-4,6H2,1H3. The number of rotatable bonds is 2. The number of nitrogens with zero attached hydrogens (tertiary/aromatic N) is 2. The molecule has 0 saturated carbocycles. The number of benzene rings is 1. The Labute approximate surface area is 118 Å². The van der Waals surface area contributed by atoms with E-state index in [1.165, 1.54) is 4.90 Å². The van der Waals surface area contributed by atoms with Crippen molar-refractivity contribution in [2.75, 3.05) is 13.1 Å². The zero-order valence-corrected chi connectivity index (χ0v) is 11.2. The maximum absolute atomic E-state index is 13.7. The molecule has 1 unspecified atom stereocenters. The highest BCUT2D eigenvalue weighted by Gasteiger charge is 2.31. The van der Waals surface area contributed by atoms with Crippen LogP contribution in [0.25, 0.3) is 0 Å². The third-order valence-electron chi connectivity index (χ3n) is 3.50. The van der Waals surface area contributed by atoms with E-state index in [2.05, 4.69) is 0 Å². The summed E-state index contributed by atoms with van der Waals surface area (Å²) in [4.78, 5) is 22.9. The number of carbonyl (C=O) groups is 1. The Morgan fingerprint density at radius 3 is 2.57 bits per heavy atom. The fraction of sp³-hybridized carbons (Fsp3) is 0.462. The van der Waals surface area contributed by atoms with E-state index in [0.717, 1.165) is 6.42 Å².